The molecule has 2 saturated carbocycles. The van der Waals surface area contributed by atoms with Gasteiger partial charge >= 0.3 is 0 Å². The first kappa shape index (κ1) is 29.1. The molecule has 0 saturated heterocycles. The van der Waals surface area contributed by atoms with Crippen LogP contribution in [0.25, 0.3) is 0 Å². The van der Waals surface area contributed by atoms with Crippen molar-refractivity contribution in [3.63, 3.8) is 0 Å². The van der Waals surface area contributed by atoms with E-state index in [2.05, 4.69) is 10.5 Å². The molecule has 2 unspecified atom stereocenters. The first-order valence-corrected chi connectivity index (χ1v) is 14.8. The summed E-state index contributed by atoms with van der Waals surface area (Å²) in [6, 6.07) is 11.2. The number of hydrogen-bond acceptors (Lipinski definition) is 5. The van der Waals surface area contributed by atoms with Crippen molar-refractivity contribution < 1.29 is 35.6 Å². The van der Waals surface area contributed by atoms with Crippen LogP contribution in [0.1, 0.15) is 41.6 Å². The number of fused-ring (bicyclic) bond motifs is 2. The summed E-state index contributed by atoms with van der Waals surface area (Å²) in [5.41, 5.74) is -0.0516. The molecule has 3 aromatic rings. The fourth-order valence-electron chi connectivity index (χ4n) is 5.84. The van der Waals surface area contributed by atoms with E-state index in [-0.39, 0.29) is 51.3 Å². The molecule has 5 rings (SSSR count). The van der Waals surface area contributed by atoms with Crippen LogP contribution < -0.4 is 5.32 Å². The number of oxime groups is 1. The van der Waals surface area contributed by atoms with Gasteiger partial charge < -0.3 is 10.2 Å². The van der Waals surface area contributed by atoms with Crippen molar-refractivity contribution in [2.45, 2.75) is 42.4 Å². The Balaban J connectivity index is 1.28. The Labute approximate surface area is 239 Å². The lowest BCUT2D eigenvalue weighted by molar-refractivity contribution is 0.102. The molecule has 2 aliphatic carbocycles. The zero-order valence-corrected chi connectivity index (χ0v) is 23.1. The van der Waals surface area contributed by atoms with Crippen LogP contribution in [0.3, 0.4) is 0 Å². The van der Waals surface area contributed by atoms with Gasteiger partial charge in [0.25, 0.3) is 5.91 Å². The molecule has 4 atom stereocenters. The van der Waals surface area contributed by atoms with Gasteiger partial charge in [-0.15, -0.1) is 0 Å². The number of rotatable bonds is 8. The number of carbonyl (C=O) groups excluding carboxylic acids is 1. The number of hydrogen-bond donors (Lipinski definition) is 1. The van der Waals surface area contributed by atoms with Crippen LogP contribution in [0, 0.1) is 41.0 Å². The van der Waals surface area contributed by atoms with Gasteiger partial charge in [-0.25, -0.2) is 26.0 Å². The van der Waals surface area contributed by atoms with E-state index in [0.717, 1.165) is 6.07 Å². The summed E-state index contributed by atoms with van der Waals surface area (Å²) in [7, 11) is -3.96. The molecule has 2 aliphatic rings. The molecule has 1 N–H and O–H groups in total. The van der Waals surface area contributed by atoms with E-state index >= 15 is 0 Å². The summed E-state index contributed by atoms with van der Waals surface area (Å²) in [6.45, 7) is -0.0206. The number of anilines is 1. The van der Waals surface area contributed by atoms with Crippen molar-refractivity contribution in [1.82, 2.24) is 0 Å². The van der Waals surface area contributed by atoms with Crippen molar-refractivity contribution in [3.8, 4) is 0 Å². The monoisotopic (exact) mass is 608 g/mol. The molecule has 12 heteroatoms. The maximum absolute atomic E-state index is 13.8. The van der Waals surface area contributed by atoms with Gasteiger partial charge in [-0.3, -0.25) is 4.79 Å². The highest BCUT2D eigenvalue weighted by atomic mass is 35.5. The van der Waals surface area contributed by atoms with Gasteiger partial charge in [-0.05, 0) is 67.7 Å². The molecule has 6 nitrogen and oxygen atoms in total. The third-order valence-electron chi connectivity index (χ3n) is 7.67. The van der Waals surface area contributed by atoms with E-state index in [1.54, 1.807) is 24.4 Å². The third kappa shape index (κ3) is 6.11. The van der Waals surface area contributed by atoms with E-state index in [9.17, 15) is 30.8 Å². The Morgan fingerprint density at radius 1 is 0.976 bits per heavy atom. The van der Waals surface area contributed by atoms with Gasteiger partial charge in [0.05, 0.1) is 15.2 Å². The maximum atomic E-state index is 13.8. The van der Waals surface area contributed by atoms with Crippen molar-refractivity contribution in [2.24, 2.45) is 22.9 Å². The minimum Gasteiger partial charge on any atom is -0.391 e. The average Bonchev–Trinajstić information content (AvgIpc) is 3.22. The van der Waals surface area contributed by atoms with Crippen LogP contribution in [-0.4, -0.2) is 25.8 Å². The molecular formula is C29H25ClF4N2O4S. The normalized spacial score (nSPS) is 22.2. The lowest BCUT2D eigenvalue weighted by atomic mass is 9.81. The number of carbonyl (C=O) groups is 1. The standard InChI is InChI=1S/C29H25ClF4N2O4S/c30-22-8-7-19(29(37)36-21-12-24(32)27(34)25(33)13-21)11-26(22)41(38,39)28-17-5-6-18(28)10-16(9-17)14-35-40-15-20-3-1-2-4-23(20)31/h1-4,7-8,11-14,16-18,28H,5-6,9-10,15H2,(H,36,37)/b35-14+/t16-,17-,18?,28?/m0/s1. The second-order valence-corrected chi connectivity index (χ2v) is 12.8. The first-order chi connectivity index (χ1) is 19.5. The van der Waals surface area contributed by atoms with Crippen LogP contribution in [0.4, 0.5) is 23.2 Å². The minimum atomic E-state index is -3.96. The minimum absolute atomic E-state index is 0.0105. The van der Waals surface area contributed by atoms with Gasteiger partial charge in [0.2, 0.25) is 0 Å². The lowest BCUT2D eigenvalue weighted by Gasteiger charge is -2.33. The predicted molar refractivity (Wildman–Crippen MR) is 145 cm³/mol. The van der Waals surface area contributed by atoms with Crippen LogP contribution in [0.5, 0.6) is 0 Å². The van der Waals surface area contributed by atoms with Gasteiger partial charge in [-0.2, -0.15) is 0 Å². The smallest absolute Gasteiger partial charge is 0.255 e. The van der Waals surface area contributed by atoms with Gasteiger partial charge in [0.15, 0.2) is 27.3 Å². The summed E-state index contributed by atoms with van der Waals surface area (Å²) < 4.78 is 81.8. The number of benzene rings is 3. The molecule has 1 amide bonds. The lowest BCUT2D eigenvalue weighted by Crippen LogP contribution is -2.38. The highest BCUT2D eigenvalue weighted by Gasteiger charge is 2.49. The first-order valence-electron chi connectivity index (χ1n) is 12.9. The molecule has 0 radical (unpaired) electrons. The molecule has 41 heavy (non-hydrogen) atoms. The second-order valence-electron chi connectivity index (χ2n) is 10.3. The molecule has 0 aliphatic heterocycles. The van der Waals surface area contributed by atoms with E-state index in [0.29, 0.717) is 43.4 Å². The van der Waals surface area contributed by atoms with Gasteiger partial charge in [-0.1, -0.05) is 35.0 Å². The quantitative estimate of drug-likeness (QED) is 0.130. The van der Waals surface area contributed by atoms with E-state index < -0.39 is 38.4 Å². The van der Waals surface area contributed by atoms with Gasteiger partial charge in [0.1, 0.15) is 12.4 Å². The maximum Gasteiger partial charge on any atom is 0.255 e. The Morgan fingerprint density at radius 3 is 2.29 bits per heavy atom. The molecule has 216 valence electrons. The number of nitrogens with zero attached hydrogens (tertiary/aromatic N) is 1. The van der Waals surface area contributed by atoms with Crippen LogP contribution in [0.15, 0.2) is 64.6 Å². The fraction of sp³-hybridized carbons (Fsp3) is 0.310. The Kier molecular flexibility index (Phi) is 8.37. The molecule has 2 bridgehead atoms. The number of sulfone groups is 1. The Hall–Kier alpha value is -3.44. The largest absolute Gasteiger partial charge is 0.391 e. The zero-order valence-electron chi connectivity index (χ0n) is 21.5. The number of nitrogens with one attached hydrogen (secondary N) is 1. The summed E-state index contributed by atoms with van der Waals surface area (Å²) >= 11 is 6.30. The van der Waals surface area contributed by atoms with Crippen molar-refractivity contribution in [2.75, 3.05) is 5.32 Å². The Morgan fingerprint density at radius 2 is 1.63 bits per heavy atom. The summed E-state index contributed by atoms with van der Waals surface area (Å²) in [4.78, 5) is 17.8. The van der Waals surface area contributed by atoms with Gasteiger partial charge in [0, 0.05) is 35.2 Å². The summed E-state index contributed by atoms with van der Waals surface area (Å²) in [5, 5.41) is 5.48. The molecule has 0 heterocycles. The number of amides is 1. The third-order valence-corrected chi connectivity index (χ3v) is 10.6. The molecule has 3 aromatic carbocycles. The average molecular weight is 609 g/mol. The van der Waals surface area contributed by atoms with Crippen molar-refractivity contribution in [3.05, 3.63) is 94.0 Å². The van der Waals surface area contributed by atoms with Crippen molar-refractivity contribution >= 4 is 39.2 Å². The van der Waals surface area contributed by atoms with E-state index in [1.807, 2.05) is 0 Å². The highest BCUT2D eigenvalue weighted by Crippen LogP contribution is 2.49. The highest BCUT2D eigenvalue weighted by molar-refractivity contribution is 7.92. The second kappa shape index (κ2) is 11.8. The molecule has 0 spiro atoms. The van der Waals surface area contributed by atoms with Crippen LogP contribution in [-0.2, 0) is 21.3 Å². The predicted octanol–water partition coefficient (Wildman–Crippen LogP) is 6.93. The van der Waals surface area contributed by atoms with E-state index in [1.165, 1.54) is 18.2 Å². The number of halogens is 5. The Bertz CT molecular complexity index is 1580. The SMILES string of the molecule is O=C(Nc1cc(F)c(F)c(F)c1)c1ccc(Cl)c(S(=O)(=O)C2C3CC[C@H]2C[C@H](/C=N/OCc2ccccc2F)C3)c1. The zero-order chi connectivity index (χ0) is 29.3. The summed E-state index contributed by atoms with van der Waals surface area (Å²) in [6.07, 6.45) is 4.18. The van der Waals surface area contributed by atoms with E-state index in [4.69, 9.17) is 16.4 Å². The fourth-order valence-corrected chi connectivity index (χ4v) is 8.71. The summed E-state index contributed by atoms with van der Waals surface area (Å²) in [5.74, 6) is -6.20. The van der Waals surface area contributed by atoms with Crippen LogP contribution in [0.2, 0.25) is 5.02 Å². The van der Waals surface area contributed by atoms with Crippen LogP contribution >= 0.6 is 11.6 Å². The van der Waals surface area contributed by atoms with Crippen molar-refractivity contribution in [1.29, 1.82) is 0 Å². The molecular weight excluding hydrogens is 584 g/mol. The molecule has 2 fully saturated rings. The topological polar surface area (TPSA) is 84.8 Å². The molecule has 0 aromatic heterocycles.